The van der Waals surface area contributed by atoms with Gasteiger partial charge in [-0.2, -0.15) is 0 Å². The molecule has 0 aromatic heterocycles. The molecule has 0 bridgehead atoms. The molecule has 2 aromatic carbocycles. The second-order valence-electron chi connectivity index (χ2n) is 4.51. The highest BCUT2D eigenvalue weighted by Gasteiger charge is 2.17. The van der Waals surface area contributed by atoms with Crippen molar-refractivity contribution < 1.29 is 18.3 Å². The van der Waals surface area contributed by atoms with Crippen LogP contribution in [0.1, 0.15) is 11.7 Å². The van der Waals surface area contributed by atoms with Crippen LogP contribution >= 0.6 is 0 Å². The van der Waals surface area contributed by atoms with Gasteiger partial charge in [0.05, 0.1) is 19.0 Å². The van der Waals surface area contributed by atoms with E-state index in [1.54, 1.807) is 19.2 Å². The molecule has 0 fully saturated rings. The summed E-state index contributed by atoms with van der Waals surface area (Å²) in [6.45, 7) is 0. The fraction of sp³-hybridized carbons (Fsp3) is 0.286. The normalized spacial score (nSPS) is 13.4. The third kappa shape index (κ3) is 3.05. The van der Waals surface area contributed by atoms with E-state index in [4.69, 9.17) is 4.74 Å². The van der Waals surface area contributed by atoms with Crippen LogP contribution in [0.15, 0.2) is 36.4 Å². The average Bonchev–Trinajstić information content (AvgIpc) is 2.35. The molecular weight excluding hydrogens is 264 g/mol. The SMILES string of the molecule is COc1ccc(C(O)CS(C)(=O)=O)c2ccccc12. The Hall–Kier alpha value is -1.59. The van der Waals surface area contributed by atoms with Gasteiger partial charge in [0, 0.05) is 11.6 Å². The van der Waals surface area contributed by atoms with Gasteiger partial charge in [0.15, 0.2) is 0 Å². The second-order valence-corrected chi connectivity index (χ2v) is 6.70. The molecule has 19 heavy (non-hydrogen) atoms. The largest absolute Gasteiger partial charge is 0.496 e. The summed E-state index contributed by atoms with van der Waals surface area (Å²) in [5, 5.41) is 11.8. The first-order valence-corrected chi connectivity index (χ1v) is 7.90. The molecule has 0 saturated heterocycles. The highest BCUT2D eigenvalue weighted by molar-refractivity contribution is 7.90. The van der Waals surface area contributed by atoms with Crippen molar-refractivity contribution in [1.82, 2.24) is 0 Å². The number of sulfone groups is 1. The molecule has 1 atom stereocenters. The van der Waals surface area contributed by atoms with Crippen molar-refractivity contribution in [2.75, 3.05) is 19.1 Å². The summed E-state index contributed by atoms with van der Waals surface area (Å²) in [5.74, 6) is 0.412. The maximum atomic E-state index is 11.3. The highest BCUT2D eigenvalue weighted by atomic mass is 32.2. The molecule has 0 aliphatic rings. The number of rotatable bonds is 4. The van der Waals surface area contributed by atoms with Crippen molar-refractivity contribution in [3.8, 4) is 5.75 Å². The Bertz CT molecular complexity index is 692. The second kappa shape index (κ2) is 5.19. The Morgan fingerprint density at radius 2 is 1.79 bits per heavy atom. The maximum Gasteiger partial charge on any atom is 0.150 e. The molecule has 0 amide bonds. The van der Waals surface area contributed by atoms with E-state index >= 15 is 0 Å². The van der Waals surface area contributed by atoms with Crippen LogP contribution in [0.4, 0.5) is 0 Å². The molecule has 0 aliphatic carbocycles. The Morgan fingerprint density at radius 1 is 1.16 bits per heavy atom. The number of ether oxygens (including phenoxy) is 1. The summed E-state index contributed by atoms with van der Waals surface area (Å²) in [6, 6.07) is 10.9. The zero-order valence-electron chi connectivity index (χ0n) is 10.8. The topological polar surface area (TPSA) is 63.6 Å². The fourth-order valence-electron chi connectivity index (χ4n) is 2.14. The molecule has 102 valence electrons. The summed E-state index contributed by atoms with van der Waals surface area (Å²) in [4.78, 5) is 0. The van der Waals surface area contributed by atoms with E-state index in [-0.39, 0.29) is 5.75 Å². The maximum absolute atomic E-state index is 11.3. The molecular formula is C14H16O4S. The van der Waals surface area contributed by atoms with Crippen LogP contribution in [0, 0.1) is 0 Å². The fourth-order valence-corrected chi connectivity index (χ4v) is 2.89. The minimum absolute atomic E-state index is 0.288. The van der Waals surface area contributed by atoms with Crippen LogP contribution in [0.3, 0.4) is 0 Å². The van der Waals surface area contributed by atoms with Gasteiger partial charge in [0.25, 0.3) is 0 Å². The standard InChI is InChI=1S/C14H16O4S/c1-18-14-8-7-11(13(15)9-19(2,16)17)10-5-3-4-6-12(10)14/h3-8,13,15H,9H2,1-2H3. The minimum atomic E-state index is -3.24. The lowest BCUT2D eigenvalue weighted by molar-refractivity contribution is 0.203. The third-order valence-corrected chi connectivity index (χ3v) is 3.88. The molecule has 2 rings (SSSR count). The van der Waals surface area contributed by atoms with E-state index in [1.165, 1.54) is 0 Å². The van der Waals surface area contributed by atoms with Gasteiger partial charge in [-0.15, -0.1) is 0 Å². The summed E-state index contributed by atoms with van der Waals surface area (Å²) in [7, 11) is -1.66. The number of hydrogen-bond acceptors (Lipinski definition) is 4. The van der Waals surface area contributed by atoms with Crippen LogP contribution < -0.4 is 4.74 Å². The third-order valence-electron chi connectivity index (χ3n) is 2.96. The van der Waals surface area contributed by atoms with E-state index < -0.39 is 15.9 Å². The number of aliphatic hydroxyl groups excluding tert-OH is 1. The van der Waals surface area contributed by atoms with Gasteiger partial charge in [-0.25, -0.2) is 8.42 Å². The van der Waals surface area contributed by atoms with E-state index in [1.807, 2.05) is 24.3 Å². The zero-order valence-corrected chi connectivity index (χ0v) is 11.6. The Kier molecular flexibility index (Phi) is 3.78. The van der Waals surface area contributed by atoms with Crippen molar-refractivity contribution in [1.29, 1.82) is 0 Å². The number of fused-ring (bicyclic) bond motifs is 1. The highest BCUT2D eigenvalue weighted by Crippen LogP contribution is 2.31. The molecule has 1 N–H and O–H groups in total. The molecule has 0 saturated carbocycles. The molecule has 1 unspecified atom stereocenters. The number of methoxy groups -OCH3 is 1. The van der Waals surface area contributed by atoms with E-state index in [0.717, 1.165) is 17.0 Å². The van der Waals surface area contributed by atoms with Gasteiger partial charge in [0.2, 0.25) is 0 Å². The zero-order chi connectivity index (χ0) is 14.0. The monoisotopic (exact) mass is 280 g/mol. The van der Waals surface area contributed by atoms with Crippen LogP contribution in [-0.2, 0) is 9.84 Å². The first-order valence-electron chi connectivity index (χ1n) is 5.84. The van der Waals surface area contributed by atoms with Crippen LogP contribution in [0.25, 0.3) is 10.8 Å². The predicted molar refractivity (Wildman–Crippen MR) is 75.2 cm³/mol. The smallest absolute Gasteiger partial charge is 0.150 e. The van der Waals surface area contributed by atoms with E-state index in [9.17, 15) is 13.5 Å². The molecule has 2 aromatic rings. The lowest BCUT2D eigenvalue weighted by Crippen LogP contribution is -2.13. The van der Waals surface area contributed by atoms with E-state index in [2.05, 4.69) is 0 Å². The first kappa shape index (κ1) is 13.8. The first-order chi connectivity index (χ1) is 8.92. The Labute approximate surface area is 112 Å². The van der Waals surface area contributed by atoms with Crippen molar-refractivity contribution in [2.24, 2.45) is 0 Å². The molecule has 4 nitrogen and oxygen atoms in total. The summed E-state index contributed by atoms with van der Waals surface area (Å²) < 4.78 is 27.8. The van der Waals surface area contributed by atoms with Crippen LogP contribution in [0.2, 0.25) is 0 Å². The van der Waals surface area contributed by atoms with Crippen molar-refractivity contribution in [3.63, 3.8) is 0 Å². The van der Waals surface area contributed by atoms with Crippen molar-refractivity contribution >= 4 is 20.6 Å². The molecule has 0 spiro atoms. The molecule has 0 heterocycles. The quantitative estimate of drug-likeness (QED) is 0.929. The summed E-state index contributed by atoms with van der Waals surface area (Å²) in [6.07, 6.45) is 0.0767. The Morgan fingerprint density at radius 3 is 2.37 bits per heavy atom. The van der Waals surface area contributed by atoms with E-state index in [0.29, 0.717) is 11.3 Å². The minimum Gasteiger partial charge on any atom is -0.496 e. The number of hydrogen-bond donors (Lipinski definition) is 1. The van der Waals surface area contributed by atoms with Crippen molar-refractivity contribution in [3.05, 3.63) is 42.0 Å². The number of benzene rings is 2. The van der Waals surface area contributed by atoms with Crippen LogP contribution in [-0.4, -0.2) is 32.6 Å². The lowest BCUT2D eigenvalue weighted by atomic mass is 10.0. The van der Waals surface area contributed by atoms with Crippen LogP contribution in [0.5, 0.6) is 5.75 Å². The van der Waals surface area contributed by atoms with Gasteiger partial charge in [-0.3, -0.25) is 0 Å². The Balaban J connectivity index is 2.56. The number of aliphatic hydroxyl groups is 1. The molecule has 0 radical (unpaired) electrons. The van der Waals surface area contributed by atoms with Crippen molar-refractivity contribution in [2.45, 2.75) is 6.10 Å². The lowest BCUT2D eigenvalue weighted by Gasteiger charge is -2.14. The van der Waals surface area contributed by atoms with Gasteiger partial charge < -0.3 is 9.84 Å². The van der Waals surface area contributed by atoms with Gasteiger partial charge in [-0.05, 0) is 17.0 Å². The molecule has 0 aliphatic heterocycles. The van der Waals surface area contributed by atoms with Gasteiger partial charge >= 0.3 is 0 Å². The van der Waals surface area contributed by atoms with Gasteiger partial charge in [0.1, 0.15) is 15.6 Å². The molecule has 5 heteroatoms. The summed E-state index contributed by atoms with van der Waals surface area (Å²) >= 11 is 0. The predicted octanol–water partition coefficient (Wildman–Crippen LogP) is 1.93. The van der Waals surface area contributed by atoms with Gasteiger partial charge in [-0.1, -0.05) is 30.3 Å². The summed E-state index contributed by atoms with van der Waals surface area (Å²) in [5.41, 5.74) is 0.599. The average molecular weight is 280 g/mol.